The zero-order chi connectivity index (χ0) is 13.8. The van der Waals surface area contributed by atoms with Crippen LogP contribution in [0.2, 0.25) is 26.0 Å². The lowest BCUT2D eigenvalue weighted by molar-refractivity contribution is 0.394. The lowest BCUT2D eigenvalue weighted by Crippen LogP contribution is -2.37. The van der Waals surface area contributed by atoms with Crippen LogP contribution in [-0.4, -0.2) is 25.2 Å². The van der Waals surface area contributed by atoms with Crippen LogP contribution in [0, 0.1) is 17.2 Å². The van der Waals surface area contributed by atoms with Crippen molar-refractivity contribution in [1.29, 1.82) is 5.26 Å². The number of nitriles is 1. The summed E-state index contributed by atoms with van der Waals surface area (Å²) in [7, 11) is -3.04. The van der Waals surface area contributed by atoms with E-state index in [0.29, 0.717) is 0 Å². The van der Waals surface area contributed by atoms with E-state index in [-0.39, 0.29) is 17.8 Å². The molecule has 1 aromatic carbocycles. The Hall–Kier alpha value is -1.09. The largest absolute Gasteiger partial charge is 0.452 e. The maximum atomic E-state index is 9.32. The molecule has 0 aromatic heterocycles. The summed E-state index contributed by atoms with van der Waals surface area (Å²) in [5.74, 6) is -0.348. The Balaban J connectivity index is 3.10. The highest BCUT2D eigenvalue weighted by Gasteiger charge is 2.36. The number of hydrogen-bond donors (Lipinski definition) is 2. The topological polar surface area (TPSA) is 64.2 Å². The van der Waals surface area contributed by atoms with Crippen LogP contribution in [0.4, 0.5) is 0 Å². The smallest absolute Gasteiger partial charge is 0.427 e. The maximum absolute atomic E-state index is 9.32. The summed E-state index contributed by atoms with van der Waals surface area (Å²) in [6.45, 7) is 6.62. The fourth-order valence-corrected chi connectivity index (χ4v) is 5.10. The molecule has 0 spiro atoms. The third kappa shape index (κ3) is 3.98. The molecule has 3 nitrogen and oxygen atoms in total. The van der Waals surface area contributed by atoms with E-state index in [1.807, 2.05) is 30.3 Å². The molecule has 0 aliphatic carbocycles. The Morgan fingerprint density at radius 3 is 2.17 bits per heavy atom. The maximum Gasteiger partial charge on any atom is 0.452 e. The van der Waals surface area contributed by atoms with Crippen molar-refractivity contribution in [3.63, 3.8) is 0 Å². The van der Waals surface area contributed by atoms with Gasteiger partial charge in [-0.3, -0.25) is 0 Å². The molecule has 5 heteroatoms. The van der Waals surface area contributed by atoms with E-state index in [9.17, 15) is 5.26 Å². The molecule has 2 unspecified atom stereocenters. The molecule has 0 bridgehead atoms. The molecule has 2 atom stereocenters. The zero-order valence-corrected chi connectivity index (χ0v) is 12.2. The second-order valence-electron chi connectivity index (χ2n) is 5.71. The third-order valence-electron chi connectivity index (χ3n) is 3.12. The van der Waals surface area contributed by atoms with Crippen LogP contribution in [0.25, 0.3) is 0 Å². The van der Waals surface area contributed by atoms with Crippen LogP contribution >= 0.6 is 0 Å². The molecule has 96 valence electrons. The summed E-state index contributed by atoms with van der Waals surface area (Å²) in [5.41, 5.74) is 1.24. The van der Waals surface area contributed by atoms with E-state index < -0.39 is 15.2 Å². The monoisotopic (exact) mass is 261 g/mol. The van der Waals surface area contributed by atoms with Gasteiger partial charge >= 0.3 is 7.12 Å². The van der Waals surface area contributed by atoms with E-state index in [0.717, 1.165) is 5.56 Å². The fraction of sp³-hybridized carbons (Fsp3) is 0.462. The molecular formula is C13H20BNO2Si. The van der Waals surface area contributed by atoms with Crippen LogP contribution in [0.1, 0.15) is 11.1 Å². The summed E-state index contributed by atoms with van der Waals surface area (Å²) in [4.78, 5) is 0. The van der Waals surface area contributed by atoms with Gasteiger partial charge in [-0.1, -0.05) is 50.0 Å². The summed E-state index contributed by atoms with van der Waals surface area (Å²) in [6.07, 6.45) is 0.111. The van der Waals surface area contributed by atoms with Crippen LogP contribution in [-0.2, 0) is 0 Å². The molecule has 1 aromatic rings. The van der Waals surface area contributed by atoms with E-state index in [1.165, 1.54) is 0 Å². The van der Waals surface area contributed by atoms with Crippen molar-refractivity contribution in [1.82, 2.24) is 0 Å². The lowest BCUT2D eigenvalue weighted by Gasteiger charge is -2.33. The first-order chi connectivity index (χ1) is 8.36. The molecule has 1 rings (SSSR count). The van der Waals surface area contributed by atoms with Gasteiger partial charge in [0.15, 0.2) is 0 Å². The Labute approximate surface area is 110 Å². The van der Waals surface area contributed by atoms with Crippen molar-refractivity contribution in [2.45, 2.75) is 31.5 Å². The summed E-state index contributed by atoms with van der Waals surface area (Å²) < 4.78 is 0. The van der Waals surface area contributed by atoms with Gasteiger partial charge in [0.25, 0.3) is 0 Å². The van der Waals surface area contributed by atoms with Gasteiger partial charge in [-0.2, -0.15) is 5.26 Å². The van der Waals surface area contributed by atoms with Gasteiger partial charge in [-0.25, -0.2) is 0 Å². The van der Waals surface area contributed by atoms with E-state index in [2.05, 4.69) is 25.7 Å². The van der Waals surface area contributed by atoms with Crippen molar-refractivity contribution in [2.24, 2.45) is 5.92 Å². The summed E-state index contributed by atoms with van der Waals surface area (Å²) >= 11 is 0. The first kappa shape index (κ1) is 15.0. The predicted octanol–water partition coefficient (Wildman–Crippen LogP) is 2.26. The van der Waals surface area contributed by atoms with Gasteiger partial charge in [-0.05, 0) is 17.4 Å². The molecule has 18 heavy (non-hydrogen) atoms. The second kappa shape index (κ2) is 6.19. The normalized spacial score (nSPS) is 14.7. The van der Waals surface area contributed by atoms with Crippen molar-refractivity contribution < 1.29 is 10.0 Å². The zero-order valence-electron chi connectivity index (χ0n) is 11.2. The average molecular weight is 261 g/mol. The third-order valence-corrected chi connectivity index (χ3v) is 5.73. The molecule has 0 saturated carbocycles. The van der Waals surface area contributed by atoms with Crippen molar-refractivity contribution in [3.8, 4) is 6.07 Å². The SMILES string of the molecule is C[Si](C)(C)C(c1ccccc1)C(C#N)CB(O)O. The number of rotatable bonds is 5. The number of benzene rings is 1. The molecule has 2 N–H and O–H groups in total. The van der Waals surface area contributed by atoms with Crippen LogP contribution < -0.4 is 0 Å². The second-order valence-corrected chi connectivity index (χ2v) is 11.1. The lowest BCUT2D eigenvalue weighted by atomic mass is 9.76. The van der Waals surface area contributed by atoms with E-state index in [1.54, 1.807) is 0 Å². The van der Waals surface area contributed by atoms with Crippen molar-refractivity contribution in [2.75, 3.05) is 0 Å². The van der Waals surface area contributed by atoms with E-state index >= 15 is 0 Å². The highest BCUT2D eigenvalue weighted by Crippen LogP contribution is 2.36. The predicted molar refractivity (Wildman–Crippen MR) is 76.6 cm³/mol. The Morgan fingerprint density at radius 1 is 1.22 bits per heavy atom. The minimum atomic E-state index is -1.62. The molecule has 0 amide bonds. The van der Waals surface area contributed by atoms with Crippen molar-refractivity contribution in [3.05, 3.63) is 35.9 Å². The standard InChI is InChI=1S/C13H20BNO2Si/c1-18(2,3)13(11-7-5-4-6-8-11)12(10-15)9-14(16)17/h4-8,12-13,16-17H,9H2,1-3H3. The molecule has 0 aliphatic rings. The summed E-state index contributed by atoms with van der Waals surface area (Å²) in [6, 6.07) is 12.2. The Bertz CT molecular complexity index is 411. The van der Waals surface area contributed by atoms with Gasteiger partial charge in [-0.15, -0.1) is 0 Å². The first-order valence-electron chi connectivity index (χ1n) is 6.17. The Kier molecular flexibility index (Phi) is 5.15. The molecular weight excluding hydrogens is 241 g/mol. The minimum Gasteiger partial charge on any atom is -0.427 e. The van der Waals surface area contributed by atoms with Crippen molar-refractivity contribution >= 4 is 15.2 Å². The number of hydrogen-bond acceptors (Lipinski definition) is 3. The Morgan fingerprint density at radius 2 is 1.78 bits per heavy atom. The van der Waals surface area contributed by atoms with Gasteiger partial charge in [0.2, 0.25) is 0 Å². The quantitative estimate of drug-likeness (QED) is 0.799. The van der Waals surface area contributed by atoms with Crippen LogP contribution in [0.5, 0.6) is 0 Å². The fourth-order valence-electron chi connectivity index (χ4n) is 2.49. The molecule has 0 saturated heterocycles. The van der Waals surface area contributed by atoms with Gasteiger partial charge in [0, 0.05) is 5.92 Å². The van der Waals surface area contributed by atoms with Gasteiger partial charge in [0.1, 0.15) is 0 Å². The molecule has 0 radical (unpaired) electrons. The molecule has 0 heterocycles. The molecule has 0 fully saturated rings. The average Bonchev–Trinajstić information content (AvgIpc) is 2.27. The van der Waals surface area contributed by atoms with Gasteiger partial charge < -0.3 is 10.0 Å². The minimum absolute atomic E-state index is 0.111. The van der Waals surface area contributed by atoms with Crippen LogP contribution in [0.3, 0.4) is 0 Å². The van der Waals surface area contributed by atoms with E-state index in [4.69, 9.17) is 10.0 Å². The summed E-state index contributed by atoms with van der Waals surface area (Å²) in [5, 5.41) is 27.6. The van der Waals surface area contributed by atoms with Crippen LogP contribution in [0.15, 0.2) is 30.3 Å². The first-order valence-corrected chi connectivity index (χ1v) is 9.74. The molecule has 0 aliphatic heterocycles. The number of nitrogens with zero attached hydrogens (tertiary/aromatic N) is 1. The highest BCUT2D eigenvalue weighted by atomic mass is 28.3. The van der Waals surface area contributed by atoms with Gasteiger partial charge in [0.05, 0.1) is 14.1 Å². The highest BCUT2D eigenvalue weighted by molar-refractivity contribution is 6.77.